The molecule has 140 valence electrons. The largest absolute Gasteiger partial charge is 0.454 e. The van der Waals surface area contributed by atoms with Crippen molar-refractivity contribution in [2.45, 2.75) is 12.8 Å². The van der Waals surface area contributed by atoms with Gasteiger partial charge < -0.3 is 20.5 Å². The fourth-order valence-corrected chi connectivity index (χ4v) is 3.11. The maximum atomic E-state index is 9.71. The molecule has 0 saturated heterocycles. The van der Waals surface area contributed by atoms with Gasteiger partial charge in [0.05, 0.1) is 5.69 Å². The predicted molar refractivity (Wildman–Crippen MR) is 106 cm³/mol. The summed E-state index contributed by atoms with van der Waals surface area (Å²) in [4.78, 5) is 8.51. The summed E-state index contributed by atoms with van der Waals surface area (Å²) < 4.78 is 10.8. The van der Waals surface area contributed by atoms with E-state index in [0.29, 0.717) is 35.1 Å². The zero-order valence-electron chi connectivity index (χ0n) is 15.2. The molecule has 0 fully saturated rings. The first-order valence-electron chi connectivity index (χ1n) is 9.00. The Morgan fingerprint density at radius 2 is 1.89 bits per heavy atom. The van der Waals surface area contributed by atoms with E-state index >= 15 is 0 Å². The van der Waals surface area contributed by atoms with Gasteiger partial charge in [0.15, 0.2) is 11.5 Å². The van der Waals surface area contributed by atoms with Gasteiger partial charge in [-0.2, -0.15) is 10.2 Å². The van der Waals surface area contributed by atoms with E-state index in [1.54, 1.807) is 12.1 Å². The Hall–Kier alpha value is -3.79. The van der Waals surface area contributed by atoms with Gasteiger partial charge in [-0.15, -0.1) is 0 Å². The van der Waals surface area contributed by atoms with Crippen LogP contribution in [-0.2, 0) is 6.42 Å². The van der Waals surface area contributed by atoms with Crippen LogP contribution < -0.4 is 20.5 Å². The smallest absolute Gasteiger partial charge is 0.231 e. The van der Waals surface area contributed by atoms with Crippen molar-refractivity contribution in [2.24, 2.45) is 0 Å². The van der Waals surface area contributed by atoms with Crippen molar-refractivity contribution in [3.05, 3.63) is 59.7 Å². The molecule has 0 radical (unpaired) electrons. The molecule has 1 aliphatic rings. The lowest BCUT2D eigenvalue weighted by molar-refractivity contribution is 0.174. The van der Waals surface area contributed by atoms with Crippen LogP contribution >= 0.6 is 0 Å². The number of fused-ring (bicyclic) bond motifs is 1. The molecule has 0 amide bonds. The van der Waals surface area contributed by atoms with Crippen LogP contribution in [-0.4, -0.2) is 23.3 Å². The zero-order chi connectivity index (χ0) is 19.3. The summed E-state index contributed by atoms with van der Waals surface area (Å²) in [5.74, 6) is 1.84. The molecule has 0 bridgehead atoms. The number of nitriles is 1. The average Bonchev–Trinajstić information content (AvgIpc) is 3.19. The van der Waals surface area contributed by atoms with E-state index in [1.807, 2.05) is 24.3 Å². The molecule has 7 nitrogen and oxygen atoms in total. The number of anilines is 2. The van der Waals surface area contributed by atoms with Gasteiger partial charge in [0, 0.05) is 12.1 Å². The highest BCUT2D eigenvalue weighted by Crippen LogP contribution is 2.37. The molecule has 4 rings (SSSR count). The van der Waals surface area contributed by atoms with E-state index in [-0.39, 0.29) is 12.7 Å². The molecule has 28 heavy (non-hydrogen) atoms. The lowest BCUT2D eigenvalue weighted by Gasteiger charge is -2.12. The number of aryl methyl sites for hydroxylation is 1. The average molecular weight is 373 g/mol. The van der Waals surface area contributed by atoms with Crippen molar-refractivity contribution >= 4 is 11.8 Å². The number of nitrogens with one attached hydrogen (secondary N) is 1. The van der Waals surface area contributed by atoms with Crippen LogP contribution in [0.2, 0.25) is 0 Å². The maximum Gasteiger partial charge on any atom is 0.231 e. The summed E-state index contributed by atoms with van der Waals surface area (Å²) in [5.41, 5.74) is 8.72. The highest BCUT2D eigenvalue weighted by atomic mass is 16.7. The third kappa shape index (κ3) is 3.67. The normalized spacial score (nSPS) is 11.8. The van der Waals surface area contributed by atoms with Crippen LogP contribution in [0.4, 0.5) is 11.8 Å². The molecule has 1 aliphatic heterocycles. The number of benzene rings is 2. The standard InChI is InChI=1S/C21H19N5O2/c22-12-16-19(15-8-9-17-18(11-15)28-13-27-17)25-21(23)26-20(16)24-10-4-7-14-5-2-1-3-6-14/h1-3,5-6,8-9,11H,4,7,10,13H2,(H3,23,24,25,26). The summed E-state index contributed by atoms with van der Waals surface area (Å²) in [7, 11) is 0. The number of nitrogens with zero attached hydrogens (tertiary/aromatic N) is 3. The van der Waals surface area contributed by atoms with E-state index in [1.165, 1.54) is 5.56 Å². The van der Waals surface area contributed by atoms with Crippen LogP contribution in [0.25, 0.3) is 11.3 Å². The summed E-state index contributed by atoms with van der Waals surface area (Å²) in [5, 5.41) is 12.9. The Labute approximate surface area is 162 Å². The van der Waals surface area contributed by atoms with Crippen molar-refractivity contribution in [3.8, 4) is 28.8 Å². The SMILES string of the molecule is N#Cc1c(NCCCc2ccccc2)nc(N)nc1-c1ccc2c(c1)OCO2. The van der Waals surface area contributed by atoms with E-state index in [2.05, 4.69) is 33.5 Å². The van der Waals surface area contributed by atoms with Gasteiger partial charge in [0.25, 0.3) is 0 Å². The summed E-state index contributed by atoms with van der Waals surface area (Å²) >= 11 is 0. The van der Waals surface area contributed by atoms with Crippen LogP contribution in [0.1, 0.15) is 17.5 Å². The molecule has 2 heterocycles. The van der Waals surface area contributed by atoms with Gasteiger partial charge in [0.2, 0.25) is 12.7 Å². The van der Waals surface area contributed by atoms with Gasteiger partial charge >= 0.3 is 0 Å². The first-order chi connectivity index (χ1) is 13.7. The van der Waals surface area contributed by atoms with Gasteiger partial charge in [-0.25, -0.2) is 4.98 Å². The molecular weight excluding hydrogens is 354 g/mol. The van der Waals surface area contributed by atoms with Crippen molar-refractivity contribution in [1.29, 1.82) is 5.26 Å². The number of hydrogen-bond donors (Lipinski definition) is 2. The highest BCUT2D eigenvalue weighted by molar-refractivity contribution is 5.75. The van der Waals surface area contributed by atoms with Gasteiger partial charge in [0.1, 0.15) is 17.5 Å². The lowest BCUT2D eigenvalue weighted by Crippen LogP contribution is -2.10. The van der Waals surface area contributed by atoms with E-state index in [0.717, 1.165) is 18.4 Å². The second-order valence-corrected chi connectivity index (χ2v) is 6.35. The summed E-state index contributed by atoms with van der Waals surface area (Å²) in [6.45, 7) is 0.852. The van der Waals surface area contributed by atoms with Crippen molar-refractivity contribution in [1.82, 2.24) is 9.97 Å². The Morgan fingerprint density at radius 3 is 2.71 bits per heavy atom. The number of nitrogens with two attached hydrogens (primary N) is 1. The summed E-state index contributed by atoms with van der Waals surface area (Å²) in [6, 6.07) is 17.9. The zero-order valence-corrected chi connectivity index (χ0v) is 15.2. The van der Waals surface area contributed by atoms with Crippen LogP contribution in [0.5, 0.6) is 11.5 Å². The predicted octanol–water partition coefficient (Wildman–Crippen LogP) is 3.37. The minimum Gasteiger partial charge on any atom is -0.454 e. The van der Waals surface area contributed by atoms with Crippen molar-refractivity contribution < 1.29 is 9.47 Å². The fourth-order valence-electron chi connectivity index (χ4n) is 3.11. The Kier molecular flexibility index (Phi) is 4.93. The topological polar surface area (TPSA) is 106 Å². The molecule has 0 aliphatic carbocycles. The van der Waals surface area contributed by atoms with Crippen molar-refractivity contribution in [2.75, 3.05) is 24.4 Å². The first kappa shape index (κ1) is 17.6. The van der Waals surface area contributed by atoms with Gasteiger partial charge in [-0.1, -0.05) is 30.3 Å². The Morgan fingerprint density at radius 1 is 1.07 bits per heavy atom. The first-order valence-corrected chi connectivity index (χ1v) is 9.00. The Balaban J connectivity index is 1.54. The number of ether oxygens (including phenoxy) is 2. The maximum absolute atomic E-state index is 9.71. The molecule has 0 unspecified atom stereocenters. The molecule has 0 saturated carbocycles. The molecule has 3 N–H and O–H groups in total. The third-order valence-corrected chi connectivity index (χ3v) is 4.46. The quantitative estimate of drug-likeness (QED) is 0.638. The third-order valence-electron chi connectivity index (χ3n) is 4.46. The molecule has 0 atom stereocenters. The number of aromatic nitrogens is 2. The van der Waals surface area contributed by atoms with E-state index in [4.69, 9.17) is 15.2 Å². The molecule has 1 aromatic heterocycles. The fraction of sp³-hybridized carbons (Fsp3) is 0.190. The number of hydrogen-bond acceptors (Lipinski definition) is 7. The molecule has 2 aromatic carbocycles. The van der Waals surface area contributed by atoms with Gasteiger partial charge in [-0.05, 0) is 36.6 Å². The van der Waals surface area contributed by atoms with E-state index in [9.17, 15) is 5.26 Å². The minimum atomic E-state index is 0.109. The van der Waals surface area contributed by atoms with Crippen LogP contribution in [0, 0.1) is 11.3 Å². The second-order valence-electron chi connectivity index (χ2n) is 6.35. The molecule has 0 spiro atoms. The van der Waals surface area contributed by atoms with E-state index < -0.39 is 0 Å². The molecule has 7 heteroatoms. The van der Waals surface area contributed by atoms with Crippen molar-refractivity contribution in [3.63, 3.8) is 0 Å². The van der Waals surface area contributed by atoms with Gasteiger partial charge in [-0.3, -0.25) is 0 Å². The van der Waals surface area contributed by atoms with Crippen LogP contribution in [0.15, 0.2) is 48.5 Å². The minimum absolute atomic E-state index is 0.109. The Bertz CT molecular complexity index is 1030. The highest BCUT2D eigenvalue weighted by Gasteiger charge is 2.19. The lowest BCUT2D eigenvalue weighted by atomic mass is 10.1. The summed E-state index contributed by atoms with van der Waals surface area (Å²) in [6.07, 6.45) is 1.84. The second kappa shape index (κ2) is 7.84. The number of rotatable bonds is 6. The number of nitrogen functional groups attached to an aromatic ring is 1. The van der Waals surface area contributed by atoms with Crippen LogP contribution in [0.3, 0.4) is 0 Å². The molecular formula is C21H19N5O2. The monoisotopic (exact) mass is 373 g/mol. The molecule has 3 aromatic rings.